The van der Waals surface area contributed by atoms with E-state index in [2.05, 4.69) is 232 Å². The molecule has 0 spiro atoms. The molecule has 0 bridgehead atoms. The third kappa shape index (κ3) is 11.6. The SMILES string of the molecule is CCCCCCC1(CCCCCC)c2cc(N=Nc3ccc4c(c3)C(CCCCCC)(CCCCCC)c3cc(N(c5ccccc5)c5ccccc5)ccc3-4)ccc2-c2ccc(N(c3ccccc3)c3ccccc3)cc21. The van der Waals surface area contributed by atoms with E-state index in [-0.39, 0.29) is 10.8 Å². The summed E-state index contributed by atoms with van der Waals surface area (Å²) in [5.74, 6) is 0. The molecule has 0 radical (unpaired) electrons. The zero-order valence-corrected chi connectivity index (χ0v) is 47.4. The minimum atomic E-state index is -0.128. The number of azo groups is 1. The summed E-state index contributed by atoms with van der Waals surface area (Å²) >= 11 is 0. The van der Waals surface area contributed by atoms with Gasteiger partial charge in [0.1, 0.15) is 0 Å². The molecule has 0 amide bonds. The number of fused-ring (bicyclic) bond motifs is 6. The smallest absolute Gasteiger partial charge is 0.0860 e. The highest BCUT2D eigenvalue weighted by atomic mass is 15.1. The van der Waals surface area contributed by atoms with Crippen LogP contribution in [0.4, 0.5) is 45.5 Å². The van der Waals surface area contributed by atoms with Crippen LogP contribution in [0.3, 0.4) is 0 Å². The monoisotopic (exact) mass is 1030 g/mol. The lowest BCUT2D eigenvalue weighted by Gasteiger charge is -2.34. The maximum Gasteiger partial charge on any atom is 0.0860 e. The van der Waals surface area contributed by atoms with Crippen molar-refractivity contribution < 1.29 is 0 Å². The van der Waals surface area contributed by atoms with Gasteiger partial charge in [-0.2, -0.15) is 10.2 Å². The Morgan fingerprint density at radius 3 is 0.821 bits per heavy atom. The van der Waals surface area contributed by atoms with Crippen molar-refractivity contribution in [2.75, 3.05) is 9.80 Å². The molecule has 400 valence electrons. The van der Waals surface area contributed by atoms with E-state index in [0.717, 1.165) is 37.1 Å². The third-order valence-electron chi connectivity index (χ3n) is 17.3. The molecule has 0 aromatic heterocycles. The summed E-state index contributed by atoms with van der Waals surface area (Å²) in [7, 11) is 0. The maximum absolute atomic E-state index is 5.24. The van der Waals surface area contributed by atoms with Gasteiger partial charge in [-0.15, -0.1) is 0 Å². The van der Waals surface area contributed by atoms with E-state index in [1.807, 2.05) is 0 Å². The molecule has 8 aromatic carbocycles. The Kier molecular flexibility index (Phi) is 18.2. The quantitative estimate of drug-likeness (QED) is 0.0362. The van der Waals surface area contributed by atoms with Crippen LogP contribution in [0.2, 0.25) is 0 Å². The van der Waals surface area contributed by atoms with Crippen LogP contribution in [0, 0.1) is 0 Å². The Bertz CT molecular complexity index is 2880. The van der Waals surface area contributed by atoms with Gasteiger partial charge in [0, 0.05) is 45.0 Å². The van der Waals surface area contributed by atoms with Gasteiger partial charge in [0.05, 0.1) is 11.4 Å². The van der Waals surface area contributed by atoms with Crippen molar-refractivity contribution in [2.45, 2.75) is 167 Å². The highest BCUT2D eigenvalue weighted by Crippen LogP contribution is 2.58. The summed E-state index contributed by atoms with van der Waals surface area (Å²) < 4.78 is 0. The standard InChI is InChI=1S/C74H84N4/c1-5-9-13-29-49-73(50-30-14-10-6-2)69-53-57(41-45-65(69)67-47-43-63(55-71(67)73)77(59-33-21-17-22-34-59)60-35-23-18-24-36-60)75-76-58-42-46-66-68-48-44-64(78(61-37-25-19-26-38-61)62-39-27-20-28-40-62)56-72(68)74(70(66)54-58,51-31-15-11-7-3)52-32-16-12-8-4/h17-28,33-48,53-56H,5-16,29-32,49-52H2,1-4H3. The van der Waals surface area contributed by atoms with Gasteiger partial charge in [0.2, 0.25) is 0 Å². The van der Waals surface area contributed by atoms with Crippen LogP contribution in [0.25, 0.3) is 22.3 Å². The van der Waals surface area contributed by atoms with E-state index < -0.39 is 0 Å². The van der Waals surface area contributed by atoms with Crippen LogP contribution in [0.5, 0.6) is 0 Å². The fourth-order valence-corrected chi connectivity index (χ4v) is 13.4. The van der Waals surface area contributed by atoms with Crippen LogP contribution in [-0.2, 0) is 10.8 Å². The van der Waals surface area contributed by atoms with E-state index in [9.17, 15) is 0 Å². The van der Waals surface area contributed by atoms with Gasteiger partial charge in [-0.05, 0) is 167 Å². The van der Waals surface area contributed by atoms with Crippen LogP contribution in [-0.4, -0.2) is 0 Å². The van der Waals surface area contributed by atoms with E-state index in [1.54, 1.807) is 0 Å². The van der Waals surface area contributed by atoms with E-state index in [1.165, 1.54) is 181 Å². The molecule has 0 saturated carbocycles. The van der Waals surface area contributed by atoms with Gasteiger partial charge in [0.15, 0.2) is 0 Å². The molecule has 0 saturated heterocycles. The lowest BCUT2D eigenvalue weighted by atomic mass is 9.70. The number of hydrogen-bond acceptors (Lipinski definition) is 4. The molecule has 4 nitrogen and oxygen atoms in total. The summed E-state index contributed by atoms with van der Waals surface area (Å²) in [5, 5.41) is 10.5. The van der Waals surface area contributed by atoms with E-state index >= 15 is 0 Å². The molecular weight excluding hydrogens is 945 g/mol. The van der Waals surface area contributed by atoms with E-state index in [4.69, 9.17) is 10.2 Å². The second-order valence-electron chi connectivity index (χ2n) is 22.5. The normalized spacial score (nSPS) is 13.5. The maximum atomic E-state index is 5.24. The molecule has 0 unspecified atom stereocenters. The van der Waals surface area contributed by atoms with Crippen molar-refractivity contribution in [1.82, 2.24) is 0 Å². The second kappa shape index (κ2) is 26.1. The van der Waals surface area contributed by atoms with Gasteiger partial charge in [0.25, 0.3) is 0 Å². The first-order valence-electron chi connectivity index (χ1n) is 30.3. The molecular formula is C74H84N4. The zero-order chi connectivity index (χ0) is 53.6. The van der Waals surface area contributed by atoms with Crippen LogP contribution < -0.4 is 9.80 Å². The molecule has 0 heterocycles. The van der Waals surface area contributed by atoms with E-state index in [0.29, 0.717) is 0 Å². The Balaban J connectivity index is 1.05. The van der Waals surface area contributed by atoms with Gasteiger partial charge in [-0.1, -0.05) is 227 Å². The van der Waals surface area contributed by atoms with Crippen molar-refractivity contribution in [3.63, 3.8) is 0 Å². The molecule has 8 aromatic rings. The predicted molar refractivity (Wildman–Crippen MR) is 334 cm³/mol. The Hall–Kier alpha value is -7.04. The van der Waals surface area contributed by atoms with Gasteiger partial charge in [-0.25, -0.2) is 0 Å². The number of rotatable bonds is 28. The molecule has 78 heavy (non-hydrogen) atoms. The number of para-hydroxylation sites is 4. The summed E-state index contributed by atoms with van der Waals surface area (Å²) in [6, 6.07) is 72.3. The Morgan fingerprint density at radius 2 is 0.538 bits per heavy atom. The first-order chi connectivity index (χ1) is 38.5. The third-order valence-corrected chi connectivity index (χ3v) is 17.3. The van der Waals surface area contributed by atoms with Crippen LogP contribution in [0.15, 0.2) is 204 Å². The highest BCUT2D eigenvalue weighted by molar-refractivity contribution is 5.88. The zero-order valence-electron chi connectivity index (χ0n) is 47.4. The van der Waals surface area contributed by atoms with Crippen molar-refractivity contribution in [1.29, 1.82) is 0 Å². The fraction of sp³-hybridized carbons (Fsp3) is 0.351. The largest absolute Gasteiger partial charge is 0.310 e. The fourth-order valence-electron chi connectivity index (χ4n) is 13.4. The number of anilines is 6. The molecule has 4 heteroatoms. The van der Waals surface area contributed by atoms with Gasteiger partial charge >= 0.3 is 0 Å². The first-order valence-corrected chi connectivity index (χ1v) is 30.3. The lowest BCUT2D eigenvalue weighted by molar-refractivity contribution is 0.401. The molecule has 0 atom stereocenters. The average Bonchev–Trinajstić information content (AvgIpc) is 3.98. The number of hydrogen-bond donors (Lipinski definition) is 0. The van der Waals surface area contributed by atoms with Gasteiger partial charge < -0.3 is 9.80 Å². The van der Waals surface area contributed by atoms with Crippen LogP contribution >= 0.6 is 0 Å². The molecule has 2 aliphatic carbocycles. The van der Waals surface area contributed by atoms with Crippen molar-refractivity contribution in [3.05, 3.63) is 216 Å². The first kappa shape index (κ1) is 54.3. The van der Waals surface area contributed by atoms with Crippen molar-refractivity contribution >= 4 is 45.5 Å². The summed E-state index contributed by atoms with van der Waals surface area (Å²) in [6.07, 6.45) is 24.3. The van der Waals surface area contributed by atoms with Crippen LogP contribution in [0.1, 0.15) is 178 Å². The second-order valence-corrected chi connectivity index (χ2v) is 22.5. The van der Waals surface area contributed by atoms with Crippen molar-refractivity contribution in [3.8, 4) is 22.3 Å². The molecule has 10 rings (SSSR count). The number of benzene rings is 8. The molecule has 0 fully saturated rings. The predicted octanol–water partition coefficient (Wildman–Crippen LogP) is 23.5. The summed E-state index contributed by atoms with van der Waals surface area (Å²) in [4.78, 5) is 4.87. The number of nitrogens with zero attached hydrogens (tertiary/aromatic N) is 4. The minimum absolute atomic E-state index is 0.128. The lowest BCUT2D eigenvalue weighted by Crippen LogP contribution is -2.26. The highest BCUT2D eigenvalue weighted by Gasteiger charge is 2.44. The number of unbranched alkanes of at least 4 members (excludes halogenated alkanes) is 12. The van der Waals surface area contributed by atoms with Gasteiger partial charge in [-0.3, -0.25) is 0 Å². The molecule has 2 aliphatic rings. The summed E-state index contributed by atoms with van der Waals surface area (Å²) in [5.41, 5.74) is 20.0. The average molecular weight is 1030 g/mol. The molecule has 0 aliphatic heterocycles. The Labute approximate surface area is 468 Å². The minimum Gasteiger partial charge on any atom is -0.310 e. The summed E-state index contributed by atoms with van der Waals surface area (Å²) in [6.45, 7) is 9.32. The van der Waals surface area contributed by atoms with Crippen molar-refractivity contribution in [2.24, 2.45) is 10.2 Å². The Morgan fingerprint density at radius 1 is 0.269 bits per heavy atom. The molecule has 0 N–H and O–H groups in total. The topological polar surface area (TPSA) is 31.2 Å².